The Morgan fingerprint density at radius 2 is 1.71 bits per heavy atom. The average molecular weight is 514 g/mol. The van der Waals surface area contributed by atoms with Gasteiger partial charge in [0.05, 0.1) is 33.2 Å². The Morgan fingerprint density at radius 1 is 1.00 bits per heavy atom. The van der Waals surface area contributed by atoms with Gasteiger partial charge in [-0.1, -0.05) is 49.7 Å². The number of unbranched alkanes of at least 4 members (excludes halogenated alkanes) is 1. The van der Waals surface area contributed by atoms with E-state index in [-0.39, 0.29) is 22.1 Å². The first-order valence-electron chi connectivity index (χ1n) is 11.6. The van der Waals surface area contributed by atoms with Crippen molar-refractivity contribution in [1.82, 2.24) is 9.88 Å². The molecule has 184 valence electrons. The number of carbonyl (C=O) groups is 1. The van der Waals surface area contributed by atoms with E-state index < -0.39 is 15.7 Å². The fourth-order valence-corrected chi connectivity index (χ4v) is 5.85. The largest absolute Gasteiger partial charge is 0.494 e. The van der Waals surface area contributed by atoms with Gasteiger partial charge in [-0.15, -0.1) is 0 Å². The predicted molar refractivity (Wildman–Crippen MR) is 138 cm³/mol. The van der Waals surface area contributed by atoms with Crippen molar-refractivity contribution in [2.24, 2.45) is 4.99 Å². The van der Waals surface area contributed by atoms with Crippen LogP contribution in [0.25, 0.3) is 11.3 Å². The second-order valence-electron chi connectivity index (χ2n) is 8.45. The van der Waals surface area contributed by atoms with Crippen molar-refractivity contribution in [3.8, 4) is 17.1 Å². The van der Waals surface area contributed by atoms with E-state index in [0.29, 0.717) is 39.5 Å². The summed E-state index contributed by atoms with van der Waals surface area (Å²) in [6.45, 7) is 6.94. The lowest BCUT2D eigenvalue weighted by atomic mass is 10.0. The molecule has 9 heteroatoms. The van der Waals surface area contributed by atoms with Gasteiger partial charge in [0.25, 0.3) is 5.91 Å². The maximum Gasteiger partial charge on any atom is 0.280 e. The zero-order valence-electron chi connectivity index (χ0n) is 19.7. The van der Waals surface area contributed by atoms with Gasteiger partial charge in [0.15, 0.2) is 15.7 Å². The maximum atomic E-state index is 13.0. The number of hydrogen-bond donors (Lipinski definition) is 2. The lowest BCUT2D eigenvalue weighted by Gasteiger charge is -2.17. The Hall–Kier alpha value is -2.94. The molecular formula is C26H28ClN3O4S. The second kappa shape index (κ2) is 10.4. The number of fused-ring (bicyclic) bond motifs is 1. The molecule has 0 unspecified atom stereocenters. The van der Waals surface area contributed by atoms with Crippen LogP contribution in [-0.4, -0.2) is 60.4 Å². The van der Waals surface area contributed by atoms with Crippen LogP contribution in [0.1, 0.15) is 48.2 Å². The first-order valence-corrected chi connectivity index (χ1v) is 13.7. The quantitative estimate of drug-likeness (QED) is 0.374. The highest BCUT2D eigenvalue weighted by Gasteiger charge is 2.33. The molecule has 0 fully saturated rings. The van der Waals surface area contributed by atoms with Gasteiger partial charge in [-0.25, -0.2) is 13.4 Å². The van der Waals surface area contributed by atoms with Crippen LogP contribution in [0.4, 0.5) is 0 Å². The van der Waals surface area contributed by atoms with Gasteiger partial charge in [0.2, 0.25) is 0 Å². The number of nitrogens with one attached hydrogen (secondary N) is 1. The summed E-state index contributed by atoms with van der Waals surface area (Å²) in [4.78, 5) is 22.3. The van der Waals surface area contributed by atoms with Gasteiger partial charge in [0, 0.05) is 16.1 Å². The summed E-state index contributed by atoms with van der Waals surface area (Å²) >= 11 is 5.97. The first kappa shape index (κ1) is 25.2. The molecule has 2 aromatic carbocycles. The van der Waals surface area contributed by atoms with Gasteiger partial charge in [-0.05, 0) is 56.7 Å². The summed E-state index contributed by atoms with van der Waals surface area (Å²) in [7, 11) is -3.50. The van der Waals surface area contributed by atoms with E-state index in [4.69, 9.17) is 11.6 Å². The molecule has 2 heterocycles. The molecule has 1 aliphatic heterocycles. The number of hydrogen-bond acceptors (Lipinski definition) is 5. The lowest BCUT2D eigenvalue weighted by Crippen LogP contribution is -2.24. The number of carbonyl (C=O) groups excluding carboxylic acids is 1. The molecule has 0 saturated heterocycles. The fraction of sp³-hybridized carbons (Fsp3) is 0.308. The molecule has 0 saturated carbocycles. The van der Waals surface area contributed by atoms with Crippen LogP contribution in [0.3, 0.4) is 0 Å². The van der Waals surface area contributed by atoms with E-state index in [0.717, 1.165) is 26.1 Å². The number of nitrogens with zero attached hydrogens (tertiary/aromatic N) is 2. The number of aromatic nitrogens is 1. The average Bonchev–Trinajstić information content (AvgIpc) is 3.38. The van der Waals surface area contributed by atoms with Crippen molar-refractivity contribution in [3.63, 3.8) is 0 Å². The van der Waals surface area contributed by atoms with Gasteiger partial charge in [-0.2, -0.15) is 0 Å². The lowest BCUT2D eigenvalue weighted by molar-refractivity contribution is 0.101. The Morgan fingerprint density at radius 3 is 2.40 bits per heavy atom. The van der Waals surface area contributed by atoms with Crippen LogP contribution in [-0.2, 0) is 9.84 Å². The summed E-state index contributed by atoms with van der Waals surface area (Å²) in [5, 5.41) is 11.2. The third-order valence-corrected chi connectivity index (χ3v) is 8.33. The van der Waals surface area contributed by atoms with Crippen molar-refractivity contribution in [2.75, 3.05) is 25.4 Å². The number of halogens is 1. The van der Waals surface area contributed by atoms with E-state index in [1.165, 1.54) is 0 Å². The number of rotatable bonds is 10. The molecule has 7 nitrogen and oxygen atoms in total. The Labute approximate surface area is 210 Å². The van der Waals surface area contributed by atoms with E-state index >= 15 is 0 Å². The van der Waals surface area contributed by atoms with Crippen molar-refractivity contribution < 1.29 is 18.3 Å². The summed E-state index contributed by atoms with van der Waals surface area (Å²) in [5.41, 5.74) is 2.35. The molecule has 2 N–H and O–H groups in total. The summed E-state index contributed by atoms with van der Waals surface area (Å²) < 4.78 is 26.0. The van der Waals surface area contributed by atoms with Crippen molar-refractivity contribution in [2.45, 2.75) is 31.6 Å². The Kier molecular flexibility index (Phi) is 7.44. The first-order chi connectivity index (χ1) is 16.7. The normalized spacial score (nSPS) is 13.4. The highest BCUT2D eigenvalue weighted by atomic mass is 35.5. The minimum Gasteiger partial charge on any atom is -0.494 e. The highest BCUT2D eigenvalue weighted by Crippen LogP contribution is 2.38. The van der Waals surface area contributed by atoms with Crippen LogP contribution in [0.15, 0.2) is 58.4 Å². The number of aromatic hydroxyl groups is 1. The molecule has 0 radical (unpaired) electrons. The summed E-state index contributed by atoms with van der Waals surface area (Å²) in [6.07, 6.45) is 1.37. The standard InChI is InChI=1S/C26H28ClN3O4S/c1-3-30(4-2)14-5-6-15-35(33,34)20-9-7-8-18(16-20)24-22-21(25(31)29-24)23(28-26(22)32)17-10-12-19(27)13-11-17/h7-13,16,29,31H,3-6,14-15H2,1-2H3. The Bertz CT molecular complexity index is 1370. The molecule has 35 heavy (non-hydrogen) atoms. The van der Waals surface area contributed by atoms with Gasteiger partial charge < -0.3 is 15.0 Å². The monoisotopic (exact) mass is 513 g/mol. The zero-order valence-corrected chi connectivity index (χ0v) is 21.3. The summed E-state index contributed by atoms with van der Waals surface area (Å²) in [6, 6.07) is 13.3. The predicted octanol–water partition coefficient (Wildman–Crippen LogP) is 4.93. The number of H-pyrrole nitrogens is 1. The van der Waals surface area contributed by atoms with Crippen LogP contribution in [0.5, 0.6) is 5.88 Å². The van der Waals surface area contributed by atoms with Crippen molar-refractivity contribution in [3.05, 3.63) is 70.2 Å². The van der Waals surface area contributed by atoms with Gasteiger partial charge >= 0.3 is 0 Å². The van der Waals surface area contributed by atoms with Crippen molar-refractivity contribution >= 4 is 33.1 Å². The molecule has 0 atom stereocenters. The minimum absolute atomic E-state index is 0.0502. The molecular weight excluding hydrogens is 486 g/mol. The van der Waals surface area contributed by atoms with Gasteiger partial charge in [0.1, 0.15) is 0 Å². The van der Waals surface area contributed by atoms with E-state index in [9.17, 15) is 18.3 Å². The van der Waals surface area contributed by atoms with E-state index in [2.05, 4.69) is 28.7 Å². The van der Waals surface area contributed by atoms with E-state index in [1.54, 1.807) is 48.5 Å². The van der Waals surface area contributed by atoms with Crippen LogP contribution < -0.4 is 0 Å². The Balaban J connectivity index is 1.59. The fourth-order valence-electron chi connectivity index (χ4n) is 4.31. The third-order valence-electron chi connectivity index (χ3n) is 6.28. The molecule has 1 aliphatic rings. The van der Waals surface area contributed by atoms with Crippen LogP contribution in [0.2, 0.25) is 5.02 Å². The molecule has 1 amide bonds. The number of aromatic amines is 1. The molecule has 0 bridgehead atoms. The molecule has 0 aliphatic carbocycles. The highest BCUT2D eigenvalue weighted by molar-refractivity contribution is 7.91. The number of benzene rings is 2. The molecule has 4 rings (SSSR count). The van der Waals surface area contributed by atoms with Crippen LogP contribution in [0, 0.1) is 0 Å². The van der Waals surface area contributed by atoms with Crippen LogP contribution >= 0.6 is 11.6 Å². The smallest absolute Gasteiger partial charge is 0.280 e. The summed E-state index contributed by atoms with van der Waals surface area (Å²) in [5.74, 6) is -0.644. The molecule has 1 aromatic heterocycles. The maximum absolute atomic E-state index is 13.0. The van der Waals surface area contributed by atoms with Gasteiger partial charge in [-0.3, -0.25) is 4.79 Å². The SMILES string of the molecule is CCN(CC)CCCCS(=O)(=O)c1cccc(-c2[nH]c(O)c3c2C(=O)N=C3c2ccc(Cl)cc2)c1. The van der Waals surface area contributed by atoms with Crippen molar-refractivity contribution in [1.29, 1.82) is 0 Å². The van der Waals surface area contributed by atoms with E-state index in [1.807, 2.05) is 0 Å². The molecule has 0 spiro atoms. The zero-order chi connectivity index (χ0) is 25.2. The number of aliphatic imine (C=N–C) groups is 1. The number of amides is 1. The number of sulfone groups is 1. The molecule has 3 aromatic rings. The third kappa shape index (κ3) is 5.19. The topological polar surface area (TPSA) is 103 Å². The second-order valence-corrected chi connectivity index (χ2v) is 11.0. The minimum atomic E-state index is -3.50.